The SMILES string of the molecule is C=C(OC(CC)C(C)CC)[C](F)([Pb])OC(CCCCCCCCC)OC(N)CCC. The summed E-state index contributed by atoms with van der Waals surface area (Å²) in [7, 11) is 0. The van der Waals surface area contributed by atoms with Crippen LogP contribution in [0.3, 0.4) is 0 Å². The molecule has 0 saturated heterocycles. The molecule has 0 rings (SSSR count). The second kappa shape index (κ2) is 17.8. The van der Waals surface area contributed by atoms with Gasteiger partial charge in [-0.15, -0.1) is 0 Å². The number of ether oxygens (including phenoxy) is 3. The number of hydrogen-bond acceptors (Lipinski definition) is 4. The Morgan fingerprint density at radius 3 is 2.10 bits per heavy atom. The van der Waals surface area contributed by atoms with Crippen LogP contribution in [0.4, 0.5) is 4.39 Å². The van der Waals surface area contributed by atoms with Gasteiger partial charge >= 0.3 is 202 Å². The van der Waals surface area contributed by atoms with E-state index in [2.05, 4.69) is 34.3 Å². The second-order valence-electron chi connectivity index (χ2n) is 8.39. The molecule has 0 aliphatic heterocycles. The van der Waals surface area contributed by atoms with Gasteiger partial charge in [-0.2, -0.15) is 0 Å². The Morgan fingerprint density at radius 1 is 0.967 bits per heavy atom. The van der Waals surface area contributed by atoms with Crippen LogP contribution in [0, 0.1) is 5.92 Å². The first-order valence-corrected chi connectivity index (χ1v) is 14.0. The molecule has 2 N–H and O–H groups in total. The molecule has 5 atom stereocenters. The predicted octanol–water partition coefficient (Wildman–Crippen LogP) is 6.72. The molecule has 0 aliphatic rings. The molecular weight excluding hydrogens is 576 g/mol. The first-order valence-electron chi connectivity index (χ1n) is 12.1. The fraction of sp³-hybridized carbons (Fsp3) is 0.917. The molecule has 30 heavy (non-hydrogen) atoms. The topological polar surface area (TPSA) is 53.7 Å². The van der Waals surface area contributed by atoms with Gasteiger partial charge in [-0.1, -0.05) is 0 Å². The summed E-state index contributed by atoms with van der Waals surface area (Å²) in [6, 6.07) is 0. The minimum atomic E-state index is -1.99. The van der Waals surface area contributed by atoms with E-state index >= 15 is 4.39 Å². The zero-order valence-corrected chi connectivity index (χ0v) is 24.1. The molecule has 0 aliphatic carbocycles. The quantitative estimate of drug-likeness (QED) is 0.0709. The number of rotatable bonds is 20. The summed E-state index contributed by atoms with van der Waals surface area (Å²) in [6.07, 6.45) is 11.2. The first-order chi connectivity index (χ1) is 14.2. The fourth-order valence-corrected chi connectivity index (χ4v) is 4.08. The number of alkyl halides is 1. The average molecular weight is 624 g/mol. The van der Waals surface area contributed by atoms with E-state index in [9.17, 15) is 0 Å². The van der Waals surface area contributed by atoms with Gasteiger partial charge in [0.2, 0.25) is 0 Å². The maximum atomic E-state index is 15.4. The summed E-state index contributed by atoms with van der Waals surface area (Å²) in [4.78, 5) is 0. The second-order valence-corrected chi connectivity index (χ2v) is 10.9. The first kappa shape index (κ1) is 30.3. The summed E-state index contributed by atoms with van der Waals surface area (Å²) >= 11 is 0.115. The molecule has 0 fully saturated rings. The van der Waals surface area contributed by atoms with Crippen molar-refractivity contribution in [2.24, 2.45) is 11.7 Å². The normalized spacial score (nSPS) is 17.7. The van der Waals surface area contributed by atoms with Crippen LogP contribution < -0.4 is 5.73 Å². The van der Waals surface area contributed by atoms with E-state index in [0.717, 1.165) is 38.5 Å². The monoisotopic (exact) mass is 624 g/mol. The van der Waals surface area contributed by atoms with Gasteiger partial charge in [0.25, 0.3) is 0 Å². The van der Waals surface area contributed by atoms with Crippen molar-refractivity contribution in [3.05, 3.63) is 12.3 Å². The van der Waals surface area contributed by atoms with Gasteiger partial charge in [0.15, 0.2) is 0 Å². The van der Waals surface area contributed by atoms with Gasteiger partial charge in [-0.3, -0.25) is 0 Å². The van der Waals surface area contributed by atoms with Crippen molar-refractivity contribution in [1.29, 1.82) is 0 Å². The van der Waals surface area contributed by atoms with Crippen LogP contribution >= 0.6 is 0 Å². The van der Waals surface area contributed by atoms with Gasteiger partial charge in [-0.05, 0) is 0 Å². The molecule has 4 nitrogen and oxygen atoms in total. The Bertz CT molecular complexity index is 437. The summed E-state index contributed by atoms with van der Waals surface area (Å²) in [5.41, 5.74) is 6.06. The fourth-order valence-electron chi connectivity index (χ4n) is 3.34. The van der Waals surface area contributed by atoms with Crippen LogP contribution in [0.2, 0.25) is 0 Å². The van der Waals surface area contributed by atoms with Crippen molar-refractivity contribution < 1.29 is 18.6 Å². The van der Waals surface area contributed by atoms with Crippen LogP contribution in [0.15, 0.2) is 12.3 Å². The van der Waals surface area contributed by atoms with Crippen LogP contribution in [-0.4, -0.2) is 47.8 Å². The van der Waals surface area contributed by atoms with Crippen molar-refractivity contribution in [1.82, 2.24) is 0 Å². The summed E-state index contributed by atoms with van der Waals surface area (Å²) < 4.78 is 31.0. The van der Waals surface area contributed by atoms with Crippen LogP contribution in [0.5, 0.6) is 0 Å². The van der Waals surface area contributed by atoms with E-state index in [1.165, 1.54) is 32.1 Å². The summed E-state index contributed by atoms with van der Waals surface area (Å²) in [6.45, 7) is 14.4. The molecule has 0 amide bonds. The molecule has 5 unspecified atom stereocenters. The van der Waals surface area contributed by atoms with E-state index in [0.29, 0.717) is 12.3 Å². The van der Waals surface area contributed by atoms with Gasteiger partial charge in [0, 0.05) is 0 Å². The predicted molar refractivity (Wildman–Crippen MR) is 125 cm³/mol. The van der Waals surface area contributed by atoms with Gasteiger partial charge in [-0.25, -0.2) is 0 Å². The van der Waals surface area contributed by atoms with Crippen molar-refractivity contribution in [2.75, 3.05) is 0 Å². The summed E-state index contributed by atoms with van der Waals surface area (Å²) in [5, 5.41) is 0. The molecule has 6 heteroatoms. The number of unbranched alkanes of at least 4 members (excludes halogenated alkanes) is 6. The van der Waals surface area contributed by atoms with Crippen molar-refractivity contribution in [2.45, 2.75) is 134 Å². The Hall–Kier alpha value is 0.272. The number of halogens is 1. The Balaban J connectivity index is 4.80. The van der Waals surface area contributed by atoms with Crippen molar-refractivity contribution in [3.8, 4) is 0 Å². The third-order valence-electron chi connectivity index (χ3n) is 5.57. The van der Waals surface area contributed by atoms with E-state index in [4.69, 9.17) is 19.9 Å². The number of nitrogens with two attached hydrogens (primary N) is 1. The standard InChI is InChI=1S/C24H47FNO3.Pb/c1-7-11-12-13-14-15-16-18-23(28-22(26)17-8-2)29-24(25)20(6)27-21(10-4)19(5)9-3;/h19,21-23H,6-18,26H2,1-5H3;. The van der Waals surface area contributed by atoms with Crippen LogP contribution in [0.1, 0.15) is 112 Å². The third-order valence-corrected chi connectivity index (χ3v) is 7.11. The van der Waals surface area contributed by atoms with Crippen molar-refractivity contribution in [3.63, 3.8) is 0 Å². The molecule has 3 radical (unpaired) electrons. The van der Waals surface area contributed by atoms with Crippen LogP contribution in [0.25, 0.3) is 0 Å². The van der Waals surface area contributed by atoms with Gasteiger partial charge < -0.3 is 0 Å². The van der Waals surface area contributed by atoms with E-state index in [1.54, 1.807) is 0 Å². The maximum absolute atomic E-state index is 15.4. The Kier molecular flexibility index (Phi) is 17.9. The summed E-state index contributed by atoms with van der Waals surface area (Å²) in [5.74, 6) is 0.403. The number of hydrogen-bond donors (Lipinski definition) is 1. The molecule has 0 aromatic rings. The van der Waals surface area contributed by atoms with E-state index in [-0.39, 0.29) is 37.6 Å². The molecular formula is C24H47FNO3Pb. The van der Waals surface area contributed by atoms with E-state index < -0.39 is 15.9 Å². The molecule has 0 bridgehead atoms. The average Bonchev–Trinajstić information content (AvgIpc) is 2.70. The molecule has 0 heterocycles. The zero-order chi connectivity index (χ0) is 23.0. The molecule has 0 aromatic carbocycles. The van der Waals surface area contributed by atoms with Crippen LogP contribution in [-0.2, 0) is 14.2 Å². The van der Waals surface area contributed by atoms with Crippen molar-refractivity contribution >= 4 is 25.8 Å². The third kappa shape index (κ3) is 13.6. The molecule has 0 spiro atoms. The molecule has 0 aromatic heterocycles. The Labute approximate surface area is 201 Å². The minimum absolute atomic E-state index is 0.0555. The van der Waals surface area contributed by atoms with E-state index in [1.807, 2.05) is 6.92 Å². The van der Waals surface area contributed by atoms with Gasteiger partial charge in [0.1, 0.15) is 0 Å². The zero-order valence-electron chi connectivity index (χ0n) is 20.2. The van der Waals surface area contributed by atoms with Gasteiger partial charge in [0.05, 0.1) is 0 Å². The Morgan fingerprint density at radius 2 is 1.57 bits per heavy atom. The molecule has 177 valence electrons. The molecule has 0 saturated carbocycles.